The van der Waals surface area contributed by atoms with E-state index >= 15 is 0 Å². The lowest BCUT2D eigenvalue weighted by molar-refractivity contribution is 0.566. The minimum atomic E-state index is -3.59. The SMILES string of the molecule is CC(NS(=O)(=O)c1ccccc1Br)c1cccc(N)c1. The number of nitrogens with two attached hydrogens (primary N) is 1. The molecule has 0 aliphatic heterocycles. The molecule has 1 unspecified atom stereocenters. The number of sulfonamides is 1. The lowest BCUT2D eigenvalue weighted by Crippen LogP contribution is -2.27. The fourth-order valence-corrected chi connectivity index (χ4v) is 4.09. The fourth-order valence-electron chi connectivity index (χ4n) is 1.86. The maximum atomic E-state index is 12.3. The Kier molecular flexibility index (Phi) is 4.47. The van der Waals surface area contributed by atoms with Crippen molar-refractivity contribution in [1.29, 1.82) is 0 Å². The number of benzene rings is 2. The fraction of sp³-hybridized carbons (Fsp3) is 0.143. The summed E-state index contributed by atoms with van der Waals surface area (Å²) in [7, 11) is -3.59. The van der Waals surface area contributed by atoms with E-state index in [2.05, 4.69) is 20.7 Å². The molecule has 0 heterocycles. The van der Waals surface area contributed by atoms with Gasteiger partial charge >= 0.3 is 0 Å². The summed E-state index contributed by atoms with van der Waals surface area (Å²) >= 11 is 3.25. The Labute approximate surface area is 127 Å². The second kappa shape index (κ2) is 5.95. The first-order valence-electron chi connectivity index (χ1n) is 6.02. The Morgan fingerprint density at radius 3 is 2.50 bits per heavy atom. The van der Waals surface area contributed by atoms with Crippen molar-refractivity contribution in [2.45, 2.75) is 17.9 Å². The van der Waals surface area contributed by atoms with Crippen LogP contribution >= 0.6 is 15.9 Å². The molecule has 0 spiro atoms. The zero-order valence-corrected chi connectivity index (χ0v) is 13.3. The lowest BCUT2D eigenvalue weighted by atomic mass is 10.1. The van der Waals surface area contributed by atoms with Gasteiger partial charge in [0, 0.05) is 16.2 Å². The molecule has 3 N–H and O–H groups in total. The summed E-state index contributed by atoms with van der Waals surface area (Å²) in [6.07, 6.45) is 0. The van der Waals surface area contributed by atoms with Crippen LogP contribution in [0, 0.1) is 0 Å². The molecule has 2 rings (SSSR count). The minimum absolute atomic E-state index is 0.218. The van der Waals surface area contributed by atoms with Gasteiger partial charge in [0.1, 0.15) is 0 Å². The van der Waals surface area contributed by atoms with Crippen molar-refractivity contribution in [2.75, 3.05) is 5.73 Å². The Morgan fingerprint density at radius 1 is 1.15 bits per heavy atom. The molecule has 1 atom stereocenters. The lowest BCUT2D eigenvalue weighted by Gasteiger charge is -2.15. The third kappa shape index (κ3) is 3.39. The molecule has 0 amide bonds. The van der Waals surface area contributed by atoms with Gasteiger partial charge in [-0.25, -0.2) is 13.1 Å². The average molecular weight is 355 g/mol. The highest BCUT2D eigenvalue weighted by molar-refractivity contribution is 9.10. The minimum Gasteiger partial charge on any atom is -0.399 e. The standard InChI is InChI=1S/C14H15BrN2O2S/c1-10(11-5-4-6-12(16)9-11)17-20(18,19)14-8-3-2-7-13(14)15/h2-10,17H,16H2,1H3. The van der Waals surface area contributed by atoms with E-state index < -0.39 is 10.0 Å². The van der Waals surface area contributed by atoms with Crippen molar-refractivity contribution >= 4 is 31.6 Å². The van der Waals surface area contributed by atoms with E-state index in [1.54, 1.807) is 49.4 Å². The monoisotopic (exact) mass is 354 g/mol. The second-order valence-electron chi connectivity index (χ2n) is 4.44. The van der Waals surface area contributed by atoms with Crippen molar-refractivity contribution in [3.05, 3.63) is 58.6 Å². The van der Waals surface area contributed by atoms with E-state index in [-0.39, 0.29) is 10.9 Å². The predicted octanol–water partition coefficient (Wildman–Crippen LogP) is 3.07. The first-order chi connectivity index (χ1) is 9.40. The van der Waals surface area contributed by atoms with Crippen LogP contribution in [0.2, 0.25) is 0 Å². The topological polar surface area (TPSA) is 72.2 Å². The molecule has 0 aliphatic carbocycles. The molecule has 2 aromatic carbocycles. The summed E-state index contributed by atoms with van der Waals surface area (Å²) in [6, 6.07) is 13.5. The van der Waals surface area contributed by atoms with Gasteiger partial charge in [0.25, 0.3) is 0 Å². The normalized spacial score (nSPS) is 13.1. The maximum Gasteiger partial charge on any atom is 0.242 e. The predicted molar refractivity (Wildman–Crippen MR) is 83.7 cm³/mol. The molecular formula is C14H15BrN2O2S. The Hall–Kier alpha value is -1.37. The first-order valence-corrected chi connectivity index (χ1v) is 8.30. The first kappa shape index (κ1) is 15.0. The quantitative estimate of drug-likeness (QED) is 0.828. The van der Waals surface area contributed by atoms with Crippen LogP contribution in [0.1, 0.15) is 18.5 Å². The molecule has 0 aliphatic rings. The van der Waals surface area contributed by atoms with Crippen molar-refractivity contribution in [3.8, 4) is 0 Å². The van der Waals surface area contributed by atoms with Crippen LogP contribution in [0.3, 0.4) is 0 Å². The van der Waals surface area contributed by atoms with E-state index in [0.717, 1.165) is 5.56 Å². The number of hydrogen-bond acceptors (Lipinski definition) is 3. The van der Waals surface area contributed by atoms with Gasteiger partial charge in [-0.1, -0.05) is 24.3 Å². The van der Waals surface area contributed by atoms with Crippen LogP contribution in [0.15, 0.2) is 57.9 Å². The number of hydrogen-bond donors (Lipinski definition) is 2. The molecule has 106 valence electrons. The molecule has 0 aromatic heterocycles. The van der Waals surface area contributed by atoms with Crippen molar-refractivity contribution in [3.63, 3.8) is 0 Å². The van der Waals surface area contributed by atoms with Gasteiger partial charge in [-0.05, 0) is 52.7 Å². The summed E-state index contributed by atoms with van der Waals surface area (Å²) in [5.41, 5.74) is 7.14. The number of nitrogen functional groups attached to an aromatic ring is 1. The summed E-state index contributed by atoms with van der Waals surface area (Å²) < 4.78 is 27.9. The molecule has 6 heteroatoms. The largest absolute Gasteiger partial charge is 0.399 e. The van der Waals surface area contributed by atoms with Gasteiger partial charge in [0.15, 0.2) is 0 Å². The Bertz CT molecular complexity index is 717. The molecule has 0 radical (unpaired) electrons. The van der Waals surface area contributed by atoms with Crippen LogP contribution in [0.5, 0.6) is 0 Å². The highest BCUT2D eigenvalue weighted by Gasteiger charge is 2.20. The molecule has 20 heavy (non-hydrogen) atoms. The molecule has 0 saturated heterocycles. The van der Waals surface area contributed by atoms with Crippen LogP contribution < -0.4 is 10.5 Å². The molecule has 0 bridgehead atoms. The van der Waals surface area contributed by atoms with Crippen molar-refractivity contribution in [2.24, 2.45) is 0 Å². The average Bonchev–Trinajstić information content (AvgIpc) is 2.38. The smallest absolute Gasteiger partial charge is 0.242 e. The highest BCUT2D eigenvalue weighted by atomic mass is 79.9. The molecule has 4 nitrogen and oxygen atoms in total. The van der Waals surface area contributed by atoms with Crippen LogP contribution in [-0.2, 0) is 10.0 Å². The summed E-state index contributed by atoms with van der Waals surface area (Å²) in [4.78, 5) is 0.218. The molecule has 0 fully saturated rings. The van der Waals surface area contributed by atoms with Gasteiger partial charge in [-0.2, -0.15) is 0 Å². The Morgan fingerprint density at radius 2 is 1.85 bits per heavy atom. The summed E-state index contributed by atoms with van der Waals surface area (Å²) in [5.74, 6) is 0. The second-order valence-corrected chi connectivity index (χ2v) is 6.98. The maximum absolute atomic E-state index is 12.3. The van der Waals surface area contributed by atoms with Crippen molar-refractivity contribution in [1.82, 2.24) is 4.72 Å². The molecule has 0 saturated carbocycles. The number of anilines is 1. The molecular weight excluding hydrogens is 340 g/mol. The van der Waals surface area contributed by atoms with E-state index in [4.69, 9.17) is 5.73 Å². The zero-order chi connectivity index (χ0) is 14.8. The number of halogens is 1. The number of nitrogens with one attached hydrogen (secondary N) is 1. The van der Waals surface area contributed by atoms with E-state index in [1.807, 2.05) is 6.07 Å². The summed E-state index contributed by atoms with van der Waals surface area (Å²) in [5, 5.41) is 0. The van der Waals surface area contributed by atoms with Gasteiger partial charge < -0.3 is 5.73 Å². The van der Waals surface area contributed by atoms with Crippen LogP contribution in [0.4, 0.5) is 5.69 Å². The third-order valence-corrected chi connectivity index (χ3v) is 5.42. The third-order valence-electron chi connectivity index (χ3n) is 2.87. The number of rotatable bonds is 4. The van der Waals surface area contributed by atoms with Crippen molar-refractivity contribution < 1.29 is 8.42 Å². The van der Waals surface area contributed by atoms with Crippen LogP contribution in [0.25, 0.3) is 0 Å². The van der Waals surface area contributed by atoms with E-state index in [1.165, 1.54) is 0 Å². The summed E-state index contributed by atoms with van der Waals surface area (Å²) in [6.45, 7) is 1.78. The van der Waals surface area contributed by atoms with Gasteiger partial charge in [0.05, 0.1) is 4.90 Å². The van der Waals surface area contributed by atoms with Gasteiger partial charge in [0.2, 0.25) is 10.0 Å². The molecule has 2 aromatic rings. The van der Waals surface area contributed by atoms with Gasteiger partial charge in [-0.3, -0.25) is 0 Å². The zero-order valence-electron chi connectivity index (χ0n) is 10.9. The van der Waals surface area contributed by atoms with E-state index in [9.17, 15) is 8.42 Å². The highest BCUT2D eigenvalue weighted by Crippen LogP contribution is 2.23. The van der Waals surface area contributed by atoms with Gasteiger partial charge in [-0.15, -0.1) is 0 Å². The van der Waals surface area contributed by atoms with E-state index in [0.29, 0.717) is 10.2 Å². The Balaban J connectivity index is 2.27. The van der Waals surface area contributed by atoms with Crippen LogP contribution in [-0.4, -0.2) is 8.42 Å².